The molecular formula is C32H31F3N7O3S+. The number of aromatic nitrogens is 1. The molecule has 1 aliphatic carbocycles. The number of hydrogen-bond donors (Lipinski definition) is 3. The van der Waals surface area contributed by atoms with E-state index in [0.29, 0.717) is 22.2 Å². The van der Waals surface area contributed by atoms with E-state index in [9.17, 15) is 22.8 Å². The average molecular weight is 651 g/mol. The molecule has 10 nitrogen and oxygen atoms in total. The van der Waals surface area contributed by atoms with Gasteiger partial charge in [0.05, 0.1) is 12.1 Å². The number of alkyl halides is 3. The number of nitrogens with one attached hydrogen (secondary N) is 1. The number of rotatable bonds is 8. The second-order valence-corrected chi connectivity index (χ2v) is 11.5. The van der Waals surface area contributed by atoms with Gasteiger partial charge in [0, 0.05) is 33.6 Å². The van der Waals surface area contributed by atoms with E-state index >= 15 is 0 Å². The Bertz CT molecular complexity index is 1700. The van der Waals surface area contributed by atoms with Gasteiger partial charge in [-0.1, -0.05) is 43.5 Å². The minimum atomic E-state index is -4.91. The molecule has 1 aromatic heterocycles. The zero-order valence-electron chi connectivity index (χ0n) is 24.5. The fraction of sp³-hybridized carbons (Fsp3) is 0.250. The van der Waals surface area contributed by atoms with Crippen LogP contribution in [0.4, 0.5) is 29.3 Å². The van der Waals surface area contributed by atoms with Crippen LogP contribution in [0, 0.1) is 0 Å². The lowest BCUT2D eigenvalue weighted by atomic mass is 9.84. The minimum absolute atomic E-state index is 0.0829. The van der Waals surface area contributed by atoms with Crippen molar-refractivity contribution in [2.75, 3.05) is 10.2 Å². The fourth-order valence-corrected chi connectivity index (χ4v) is 5.97. The van der Waals surface area contributed by atoms with Crippen molar-refractivity contribution in [2.24, 2.45) is 15.8 Å². The molecule has 14 heteroatoms. The zero-order valence-corrected chi connectivity index (χ0v) is 25.4. The zero-order chi connectivity index (χ0) is 32.7. The molecule has 0 radical (unpaired) electrons. The van der Waals surface area contributed by atoms with Gasteiger partial charge in [0.15, 0.2) is 0 Å². The summed E-state index contributed by atoms with van der Waals surface area (Å²) in [6.07, 6.45) is 2.43. The highest BCUT2D eigenvalue weighted by molar-refractivity contribution is 7.13. The van der Waals surface area contributed by atoms with Crippen LogP contribution in [0.3, 0.4) is 0 Å². The summed E-state index contributed by atoms with van der Waals surface area (Å²) in [4.78, 5) is 35.4. The number of benzene rings is 3. The van der Waals surface area contributed by atoms with Crippen molar-refractivity contribution >= 4 is 40.6 Å². The van der Waals surface area contributed by atoms with Crippen LogP contribution in [0.2, 0.25) is 0 Å². The van der Waals surface area contributed by atoms with Crippen molar-refractivity contribution in [1.29, 1.82) is 0 Å². The molecule has 238 valence electrons. The number of aliphatic imine (C=N–C) groups is 1. The van der Waals surface area contributed by atoms with Crippen LogP contribution >= 0.6 is 11.3 Å². The van der Waals surface area contributed by atoms with Crippen molar-refractivity contribution in [3.63, 3.8) is 0 Å². The van der Waals surface area contributed by atoms with Crippen molar-refractivity contribution in [1.82, 2.24) is 4.98 Å². The highest BCUT2D eigenvalue weighted by Crippen LogP contribution is 2.37. The van der Waals surface area contributed by atoms with Crippen LogP contribution in [-0.2, 0) is 6.54 Å². The Balaban J connectivity index is 1.43. The van der Waals surface area contributed by atoms with Crippen molar-refractivity contribution in [3.05, 3.63) is 95.0 Å². The molecule has 0 saturated heterocycles. The minimum Gasteiger partial charge on any atom is -0.405 e. The molecule has 3 aromatic carbocycles. The number of guanidine groups is 1. The molecule has 0 unspecified atom stereocenters. The van der Waals surface area contributed by atoms with E-state index in [4.69, 9.17) is 11.3 Å². The molecule has 0 atom stereocenters. The monoisotopic (exact) mass is 650 g/mol. The first-order chi connectivity index (χ1) is 22.1. The van der Waals surface area contributed by atoms with E-state index < -0.39 is 24.1 Å². The predicted molar refractivity (Wildman–Crippen MR) is 168 cm³/mol. The van der Waals surface area contributed by atoms with Gasteiger partial charge in [-0.15, -0.1) is 30.0 Å². The lowest BCUT2D eigenvalue weighted by molar-refractivity contribution is -0.274. The van der Waals surface area contributed by atoms with Crippen LogP contribution in [0.25, 0.3) is 10.6 Å². The Morgan fingerprint density at radius 3 is 2.39 bits per heavy atom. The van der Waals surface area contributed by atoms with Gasteiger partial charge in [-0.3, -0.25) is 9.69 Å². The number of thiazole rings is 1. The van der Waals surface area contributed by atoms with E-state index in [1.165, 1.54) is 48.1 Å². The van der Waals surface area contributed by atoms with Crippen LogP contribution in [-0.4, -0.2) is 29.2 Å². The van der Waals surface area contributed by atoms with Crippen LogP contribution in [0.5, 0.6) is 5.75 Å². The summed E-state index contributed by atoms with van der Waals surface area (Å²) >= 11 is 1.14. The summed E-state index contributed by atoms with van der Waals surface area (Å²) < 4.78 is 43.5. The van der Waals surface area contributed by atoms with Gasteiger partial charge in [-0.2, -0.15) is 4.99 Å². The maximum absolute atomic E-state index is 13.8. The number of carbonyl (C=O) groups is 2. The summed E-state index contributed by atoms with van der Waals surface area (Å²) in [6, 6.07) is 17.6. The fourth-order valence-electron chi connectivity index (χ4n) is 5.31. The number of urea groups is 1. The van der Waals surface area contributed by atoms with E-state index in [1.807, 2.05) is 24.3 Å². The number of ether oxygens (including phenoxy) is 1. The van der Waals surface area contributed by atoms with E-state index in [-0.39, 0.29) is 29.3 Å². The maximum atomic E-state index is 13.8. The van der Waals surface area contributed by atoms with Crippen molar-refractivity contribution in [3.8, 4) is 16.3 Å². The van der Waals surface area contributed by atoms with Gasteiger partial charge in [0.25, 0.3) is 11.9 Å². The van der Waals surface area contributed by atoms with Gasteiger partial charge in [0.1, 0.15) is 10.8 Å². The molecule has 1 aliphatic rings. The summed E-state index contributed by atoms with van der Waals surface area (Å²) in [5, 5.41) is 7.90. The Kier molecular flexibility index (Phi) is 10.1. The number of hydrogen-bond acceptors (Lipinski definition) is 5. The van der Waals surface area contributed by atoms with E-state index in [1.54, 1.807) is 29.6 Å². The van der Waals surface area contributed by atoms with Crippen LogP contribution in [0.15, 0.2) is 88.4 Å². The van der Waals surface area contributed by atoms with Crippen LogP contribution in [0.1, 0.15) is 59.5 Å². The number of nitrogens with two attached hydrogens (primary N) is 2. The molecular weight excluding hydrogens is 619 g/mol. The van der Waals surface area contributed by atoms with Crippen molar-refractivity contribution < 1.29 is 33.0 Å². The molecule has 5 N–H and O–H groups in total. The summed E-state index contributed by atoms with van der Waals surface area (Å²) in [5.41, 5.74) is 13.6. The quantitative estimate of drug-likeness (QED) is 0.111. The normalized spacial score (nSPS) is 14.0. The largest absolute Gasteiger partial charge is 0.573 e. The van der Waals surface area contributed by atoms with E-state index in [0.717, 1.165) is 30.2 Å². The number of amides is 3. The molecule has 1 heterocycles. The Hall–Kier alpha value is -5.11. The topological polar surface area (TPSA) is 148 Å². The molecule has 3 amide bonds. The van der Waals surface area contributed by atoms with Crippen LogP contribution < -0.4 is 26.2 Å². The lowest BCUT2D eigenvalue weighted by Gasteiger charge is -2.26. The summed E-state index contributed by atoms with van der Waals surface area (Å²) in [6.45, 7) is 0.112. The molecule has 4 aromatic rings. The predicted octanol–water partition coefficient (Wildman–Crippen LogP) is 6.66. The first-order valence-electron chi connectivity index (χ1n) is 14.5. The molecule has 1 saturated carbocycles. The number of halogens is 3. The second-order valence-electron chi connectivity index (χ2n) is 10.6. The van der Waals surface area contributed by atoms with Gasteiger partial charge in [0.2, 0.25) is 0 Å². The third kappa shape index (κ3) is 8.33. The first kappa shape index (κ1) is 32.3. The number of anilines is 2. The van der Waals surface area contributed by atoms with Gasteiger partial charge in [-0.25, -0.2) is 9.78 Å². The highest BCUT2D eigenvalue weighted by atomic mass is 32.1. The highest BCUT2D eigenvalue weighted by Gasteiger charge is 2.33. The molecule has 0 spiro atoms. The summed E-state index contributed by atoms with van der Waals surface area (Å²) in [5.74, 6) is -0.943. The number of carbonyl (C=O) groups excluding carboxylic acids is 2. The smallest absolute Gasteiger partial charge is 0.405 e. The van der Waals surface area contributed by atoms with Gasteiger partial charge in [-0.05, 0) is 72.4 Å². The van der Waals surface area contributed by atoms with Gasteiger partial charge >= 0.3 is 12.4 Å². The standard InChI is InChI=1S/C32H30F3N7O3S/c33-32(34,35)45-27-15-12-24(18-26(27)29-38-16-17-46-29)39-31(44)42(25-13-10-22(11-14-25)21-4-2-1-3-5-21)19-20-6-8-23(9-7-20)28(43)40-30(36)41-37/h6-18,21,37H,1-5,19H2,(H,39,44)(H2,36,40,43)/p+1. The Morgan fingerprint density at radius 2 is 1.76 bits per heavy atom. The SMILES string of the molecule is NC(N=[NH2+])=NC(=O)c1ccc(CN(C(=O)Nc2ccc(OC(F)(F)F)c(-c3nccs3)c2)c2ccc(C3CCCCC3)cc2)cc1. The molecule has 46 heavy (non-hydrogen) atoms. The average Bonchev–Trinajstić information content (AvgIpc) is 3.59. The van der Waals surface area contributed by atoms with E-state index in [2.05, 4.69) is 25.1 Å². The summed E-state index contributed by atoms with van der Waals surface area (Å²) in [7, 11) is 0. The third-order valence-corrected chi connectivity index (χ3v) is 8.34. The molecule has 0 aliphatic heterocycles. The molecule has 0 bridgehead atoms. The first-order valence-corrected chi connectivity index (χ1v) is 15.3. The molecule has 1 fully saturated rings. The molecule has 5 rings (SSSR count). The lowest BCUT2D eigenvalue weighted by Crippen LogP contribution is -2.34. The third-order valence-electron chi connectivity index (χ3n) is 7.54. The Labute approximate surface area is 266 Å². The van der Waals surface area contributed by atoms with Gasteiger partial charge < -0.3 is 15.8 Å². The Morgan fingerprint density at radius 1 is 1.04 bits per heavy atom. The number of nitrogens with zero attached hydrogens (tertiary/aromatic N) is 4. The second kappa shape index (κ2) is 14.3. The maximum Gasteiger partial charge on any atom is 0.573 e. The van der Waals surface area contributed by atoms with Crippen molar-refractivity contribution in [2.45, 2.75) is 50.9 Å².